The van der Waals surface area contributed by atoms with Crippen LogP contribution in [-0.2, 0) is 17.1 Å². The zero-order valence-corrected chi connectivity index (χ0v) is 22.4. The lowest BCUT2D eigenvalue weighted by Gasteiger charge is -2.30. The summed E-state index contributed by atoms with van der Waals surface area (Å²) < 4.78 is 100. The number of aromatic hydroxyl groups is 1. The monoisotopic (exact) mass is 573 g/mol. The fourth-order valence-electron chi connectivity index (χ4n) is 5.47. The molecule has 1 N–H and O–H groups in total. The number of alkyl halides is 6. The van der Waals surface area contributed by atoms with Gasteiger partial charge in [0.25, 0.3) is 0 Å². The number of benzene rings is 2. The van der Waals surface area contributed by atoms with Crippen LogP contribution in [0.4, 0.5) is 35.5 Å². The van der Waals surface area contributed by atoms with E-state index >= 15 is 0 Å². The van der Waals surface area contributed by atoms with Crippen molar-refractivity contribution in [3.63, 3.8) is 0 Å². The first-order valence-electron chi connectivity index (χ1n) is 13.0. The molecular formula is C29H30F7NO3. The first kappa shape index (κ1) is 29.7. The summed E-state index contributed by atoms with van der Waals surface area (Å²) in [7, 11) is 0. The number of hydrogen-bond donors (Lipinski definition) is 1. The number of rotatable bonds is 5. The Kier molecular flexibility index (Phi) is 7.90. The summed E-state index contributed by atoms with van der Waals surface area (Å²) >= 11 is 0. The van der Waals surface area contributed by atoms with Crippen LogP contribution in [0.5, 0.6) is 5.75 Å². The van der Waals surface area contributed by atoms with Gasteiger partial charge in [0.1, 0.15) is 17.7 Å². The topological polar surface area (TPSA) is 49.8 Å². The third-order valence-corrected chi connectivity index (χ3v) is 7.66. The summed E-state index contributed by atoms with van der Waals surface area (Å²) in [5.41, 5.74) is -1.03. The molecule has 1 aliphatic heterocycles. The second-order valence-corrected chi connectivity index (χ2v) is 11.0. The number of phenols is 1. The van der Waals surface area contributed by atoms with Gasteiger partial charge >= 0.3 is 18.4 Å². The number of nitrogens with zero attached hydrogens (tertiary/aromatic N) is 1. The molecule has 1 fully saturated rings. The summed E-state index contributed by atoms with van der Waals surface area (Å²) in [5, 5.41) is 10.6. The van der Waals surface area contributed by atoms with Crippen molar-refractivity contribution in [2.24, 2.45) is 5.92 Å². The SMILES string of the molecule is CC1CCC(c2cc(C(C)C)c(F)cc2O)=C(CN2C(=O)OC(c3cc(C(F)(F)F)cc(C(F)(F)F)c3)C2C)C1. The molecule has 11 heteroatoms. The number of carbonyl (C=O) groups is 1. The number of phenolic OH excluding ortho intramolecular Hbond substituents is 1. The first-order chi connectivity index (χ1) is 18.5. The molecule has 40 heavy (non-hydrogen) atoms. The molecule has 2 aliphatic rings. The largest absolute Gasteiger partial charge is 0.507 e. The summed E-state index contributed by atoms with van der Waals surface area (Å²) in [6.07, 6.45) is -10.5. The minimum absolute atomic E-state index is 0.00487. The Morgan fingerprint density at radius 2 is 1.60 bits per heavy atom. The van der Waals surface area contributed by atoms with Crippen LogP contribution in [-0.4, -0.2) is 28.7 Å². The van der Waals surface area contributed by atoms with Crippen molar-refractivity contribution < 1.29 is 45.4 Å². The molecule has 1 saturated heterocycles. The van der Waals surface area contributed by atoms with Gasteiger partial charge in [0.15, 0.2) is 0 Å². The second kappa shape index (κ2) is 10.6. The molecule has 1 heterocycles. The second-order valence-electron chi connectivity index (χ2n) is 11.0. The van der Waals surface area contributed by atoms with Crippen molar-refractivity contribution in [1.29, 1.82) is 0 Å². The van der Waals surface area contributed by atoms with Gasteiger partial charge in [0.05, 0.1) is 17.2 Å². The third kappa shape index (κ3) is 5.93. The van der Waals surface area contributed by atoms with Crippen LogP contribution < -0.4 is 0 Å². The normalized spacial score (nSPS) is 22.4. The molecule has 0 bridgehead atoms. The number of allylic oxidation sites excluding steroid dienone is 1. The number of halogens is 7. The first-order valence-corrected chi connectivity index (χ1v) is 13.0. The highest BCUT2D eigenvalue weighted by atomic mass is 19.4. The molecule has 2 aromatic rings. The van der Waals surface area contributed by atoms with Crippen LogP contribution in [0.15, 0.2) is 35.9 Å². The van der Waals surface area contributed by atoms with Crippen molar-refractivity contribution in [3.8, 4) is 5.75 Å². The van der Waals surface area contributed by atoms with E-state index in [-0.39, 0.29) is 30.2 Å². The fraction of sp³-hybridized carbons (Fsp3) is 0.483. The predicted octanol–water partition coefficient (Wildman–Crippen LogP) is 8.85. The van der Waals surface area contributed by atoms with Crippen LogP contribution in [0.1, 0.15) is 86.8 Å². The average molecular weight is 574 g/mol. The standard InChI is InChI=1S/C29H30F7NO3/c1-14(2)22-11-23(25(38)12-24(22)30)21-6-5-15(3)7-18(21)13-37-16(4)26(40-27(37)39)17-8-19(28(31,32)33)10-20(9-17)29(34,35)36/h8-12,14-16,26,38H,5-7,13H2,1-4H3. The number of hydrogen-bond acceptors (Lipinski definition) is 3. The smallest absolute Gasteiger partial charge is 0.416 e. The van der Waals surface area contributed by atoms with E-state index in [0.29, 0.717) is 36.1 Å². The Balaban J connectivity index is 1.72. The van der Waals surface area contributed by atoms with Gasteiger partial charge < -0.3 is 9.84 Å². The number of carbonyl (C=O) groups excluding carboxylic acids is 1. The van der Waals surface area contributed by atoms with Crippen molar-refractivity contribution in [1.82, 2.24) is 4.90 Å². The molecule has 0 aromatic heterocycles. The Morgan fingerprint density at radius 3 is 2.15 bits per heavy atom. The van der Waals surface area contributed by atoms with Crippen LogP contribution in [0.3, 0.4) is 0 Å². The van der Waals surface area contributed by atoms with Gasteiger partial charge in [-0.25, -0.2) is 9.18 Å². The Labute approximate surface area is 227 Å². The molecule has 1 aliphatic carbocycles. The zero-order valence-electron chi connectivity index (χ0n) is 22.4. The number of amides is 1. The Morgan fingerprint density at radius 1 is 1.00 bits per heavy atom. The molecule has 3 atom stereocenters. The van der Waals surface area contributed by atoms with E-state index in [1.807, 2.05) is 20.8 Å². The van der Waals surface area contributed by atoms with E-state index in [4.69, 9.17) is 4.74 Å². The van der Waals surface area contributed by atoms with Gasteiger partial charge in [-0.1, -0.05) is 20.8 Å². The summed E-state index contributed by atoms with van der Waals surface area (Å²) in [6, 6.07) is 2.94. The molecule has 218 valence electrons. The molecule has 0 saturated carbocycles. The Bertz CT molecular complexity index is 1300. The van der Waals surface area contributed by atoms with Gasteiger partial charge in [-0.3, -0.25) is 4.90 Å². The molecule has 2 aromatic carbocycles. The number of ether oxygens (including phenoxy) is 1. The van der Waals surface area contributed by atoms with E-state index in [2.05, 4.69) is 0 Å². The minimum atomic E-state index is -5.04. The van der Waals surface area contributed by atoms with E-state index in [1.165, 1.54) is 11.8 Å². The quantitative estimate of drug-likeness (QED) is 0.364. The Hall–Kier alpha value is -3.24. The van der Waals surface area contributed by atoms with Gasteiger partial charge in [-0.15, -0.1) is 0 Å². The molecule has 0 radical (unpaired) electrons. The minimum Gasteiger partial charge on any atom is -0.507 e. The van der Waals surface area contributed by atoms with E-state index in [1.54, 1.807) is 6.07 Å². The number of cyclic esters (lactones) is 1. The highest BCUT2D eigenvalue weighted by Gasteiger charge is 2.44. The fourth-order valence-corrected chi connectivity index (χ4v) is 5.47. The van der Waals surface area contributed by atoms with Crippen LogP contribution >= 0.6 is 0 Å². The lowest BCUT2D eigenvalue weighted by atomic mass is 9.80. The van der Waals surface area contributed by atoms with E-state index < -0.39 is 53.1 Å². The van der Waals surface area contributed by atoms with E-state index in [0.717, 1.165) is 23.6 Å². The van der Waals surface area contributed by atoms with Gasteiger partial charge in [0, 0.05) is 18.2 Å². The van der Waals surface area contributed by atoms with Crippen molar-refractivity contribution in [2.45, 2.75) is 77.4 Å². The van der Waals surface area contributed by atoms with Gasteiger partial charge in [-0.2, -0.15) is 26.3 Å². The molecule has 4 rings (SSSR count). The molecule has 1 amide bonds. The maximum absolute atomic E-state index is 14.5. The van der Waals surface area contributed by atoms with Crippen LogP contribution in [0.25, 0.3) is 5.57 Å². The third-order valence-electron chi connectivity index (χ3n) is 7.66. The van der Waals surface area contributed by atoms with Crippen LogP contribution in [0.2, 0.25) is 0 Å². The highest BCUT2D eigenvalue weighted by molar-refractivity contribution is 5.77. The average Bonchev–Trinajstić information content (AvgIpc) is 3.11. The maximum Gasteiger partial charge on any atom is 0.416 e. The lowest BCUT2D eigenvalue weighted by Crippen LogP contribution is -2.35. The van der Waals surface area contributed by atoms with Crippen molar-refractivity contribution in [2.75, 3.05) is 6.54 Å². The van der Waals surface area contributed by atoms with Gasteiger partial charge in [0.2, 0.25) is 0 Å². The summed E-state index contributed by atoms with van der Waals surface area (Å²) in [5.74, 6) is -0.730. The molecule has 4 nitrogen and oxygen atoms in total. The highest BCUT2D eigenvalue weighted by Crippen LogP contribution is 2.44. The summed E-state index contributed by atoms with van der Waals surface area (Å²) in [4.78, 5) is 14.2. The lowest BCUT2D eigenvalue weighted by molar-refractivity contribution is -0.143. The predicted molar refractivity (Wildman–Crippen MR) is 134 cm³/mol. The zero-order chi connectivity index (χ0) is 29.7. The molecule has 3 unspecified atom stereocenters. The van der Waals surface area contributed by atoms with E-state index in [9.17, 15) is 40.6 Å². The van der Waals surface area contributed by atoms with Crippen molar-refractivity contribution >= 4 is 11.7 Å². The van der Waals surface area contributed by atoms with Crippen molar-refractivity contribution in [3.05, 3.63) is 69.5 Å². The van der Waals surface area contributed by atoms with Crippen LogP contribution in [0, 0.1) is 11.7 Å². The molecule has 0 spiro atoms. The molecular weight excluding hydrogens is 543 g/mol. The summed E-state index contributed by atoms with van der Waals surface area (Å²) in [6.45, 7) is 7.14. The van der Waals surface area contributed by atoms with Gasteiger partial charge in [-0.05, 0) is 84.6 Å². The maximum atomic E-state index is 14.5.